The summed E-state index contributed by atoms with van der Waals surface area (Å²) in [5.41, 5.74) is 5.39. The van der Waals surface area contributed by atoms with E-state index in [2.05, 4.69) is 10.3 Å². The third kappa shape index (κ3) is 4.22. The summed E-state index contributed by atoms with van der Waals surface area (Å²) in [6, 6.07) is 7.50. The molecule has 164 valence electrons. The van der Waals surface area contributed by atoms with Gasteiger partial charge in [-0.25, -0.2) is 4.98 Å². The van der Waals surface area contributed by atoms with Crippen LogP contribution in [0.1, 0.15) is 28.1 Å². The molecule has 1 fully saturated rings. The Bertz CT molecular complexity index is 1170. The van der Waals surface area contributed by atoms with Crippen LogP contribution in [-0.4, -0.2) is 31.1 Å². The van der Waals surface area contributed by atoms with E-state index in [1.807, 2.05) is 56.7 Å². The monoisotopic (exact) mass is 461 g/mol. The molecule has 4 rings (SSSR count). The summed E-state index contributed by atoms with van der Waals surface area (Å²) >= 11 is 1.03. The molecule has 2 heterocycles. The lowest BCUT2D eigenvalue weighted by atomic mass is 10.0. The van der Waals surface area contributed by atoms with Gasteiger partial charge in [0.1, 0.15) is 23.9 Å². The van der Waals surface area contributed by atoms with Crippen LogP contribution < -0.4 is 10.1 Å². The number of hydrogen-bond acceptors (Lipinski definition) is 6. The van der Waals surface area contributed by atoms with Gasteiger partial charge in [-0.15, -0.1) is 12.4 Å². The van der Waals surface area contributed by atoms with Crippen LogP contribution in [0.5, 0.6) is 11.5 Å². The molecule has 7 nitrogen and oxygen atoms in total. The summed E-state index contributed by atoms with van der Waals surface area (Å²) in [5, 5.41) is 12.0. The van der Waals surface area contributed by atoms with Gasteiger partial charge in [0.25, 0.3) is 5.24 Å². The third-order valence-corrected chi connectivity index (χ3v) is 6.63. The van der Waals surface area contributed by atoms with E-state index in [0.717, 1.165) is 50.9 Å². The third-order valence-electron chi connectivity index (χ3n) is 5.65. The highest BCUT2D eigenvalue weighted by Gasteiger charge is 2.31. The van der Waals surface area contributed by atoms with Crippen molar-refractivity contribution in [1.82, 2.24) is 14.9 Å². The number of imide groups is 1. The molecule has 31 heavy (non-hydrogen) atoms. The first-order chi connectivity index (χ1) is 14.3. The molecule has 2 N–H and O–H groups in total. The quantitative estimate of drug-likeness (QED) is 0.594. The molecule has 1 aliphatic rings. The molecule has 0 bridgehead atoms. The Morgan fingerprint density at radius 3 is 2.42 bits per heavy atom. The minimum absolute atomic E-state index is 0. The summed E-state index contributed by atoms with van der Waals surface area (Å²) in [6.07, 6.45) is 0.495. The lowest BCUT2D eigenvalue weighted by Crippen LogP contribution is -2.25. The predicted octanol–water partition coefficient (Wildman–Crippen LogP) is 4.10. The molecule has 2 amide bonds. The van der Waals surface area contributed by atoms with E-state index in [9.17, 15) is 14.7 Å². The van der Waals surface area contributed by atoms with Gasteiger partial charge < -0.3 is 14.4 Å². The number of fused-ring (bicyclic) bond motifs is 1. The number of aromatic hydroxyl groups is 1. The molecule has 3 aromatic rings. The first-order valence-electron chi connectivity index (χ1n) is 9.63. The Morgan fingerprint density at radius 1 is 1.13 bits per heavy atom. The number of amides is 2. The maximum atomic E-state index is 11.7. The van der Waals surface area contributed by atoms with E-state index in [4.69, 9.17) is 4.74 Å². The molecular formula is C22H24ClN3O4S. The summed E-state index contributed by atoms with van der Waals surface area (Å²) in [7, 11) is 1.95. The number of thioether (sulfide) groups is 1. The van der Waals surface area contributed by atoms with E-state index in [0.29, 0.717) is 18.8 Å². The van der Waals surface area contributed by atoms with Gasteiger partial charge >= 0.3 is 0 Å². The standard InChI is InChI=1S/C22H23N3O4S.ClH/c1-11-12(2)20(26)13(3)18-19(11)25(4)17(23-18)10-29-15-7-5-14(6-8-15)9-16-21(27)24-22(28)30-16;/h5-8,16,26H,9-10H2,1-4H3,(H,24,27,28);1H. The van der Waals surface area contributed by atoms with Crippen molar-refractivity contribution in [2.45, 2.75) is 39.0 Å². The highest BCUT2D eigenvalue weighted by Crippen LogP contribution is 2.34. The van der Waals surface area contributed by atoms with Crippen LogP contribution in [0.2, 0.25) is 0 Å². The second-order valence-corrected chi connectivity index (χ2v) is 8.70. The number of phenols is 1. The van der Waals surface area contributed by atoms with Gasteiger partial charge in [0.05, 0.1) is 16.3 Å². The molecule has 0 saturated carbocycles. The smallest absolute Gasteiger partial charge is 0.286 e. The van der Waals surface area contributed by atoms with Crippen molar-refractivity contribution in [3.05, 3.63) is 52.3 Å². The number of halogens is 1. The summed E-state index contributed by atoms with van der Waals surface area (Å²) in [6.45, 7) is 6.05. The van der Waals surface area contributed by atoms with E-state index < -0.39 is 0 Å². The first kappa shape index (κ1) is 23.0. The Morgan fingerprint density at radius 2 is 1.81 bits per heavy atom. The topological polar surface area (TPSA) is 93.5 Å². The fourth-order valence-electron chi connectivity index (χ4n) is 3.72. The van der Waals surface area contributed by atoms with Gasteiger partial charge in [-0.05, 0) is 56.0 Å². The lowest BCUT2D eigenvalue weighted by Gasteiger charge is -2.10. The molecule has 0 aliphatic carbocycles. The number of carbonyl (C=O) groups excluding carboxylic acids is 2. The lowest BCUT2D eigenvalue weighted by molar-refractivity contribution is -0.118. The van der Waals surface area contributed by atoms with Crippen molar-refractivity contribution in [3.8, 4) is 11.5 Å². The summed E-state index contributed by atoms with van der Waals surface area (Å²) < 4.78 is 7.93. The average Bonchev–Trinajstić information content (AvgIpc) is 3.22. The Hall–Kier alpha value is -2.71. The maximum absolute atomic E-state index is 11.7. The van der Waals surface area contributed by atoms with Gasteiger partial charge in [-0.1, -0.05) is 23.9 Å². The zero-order valence-electron chi connectivity index (χ0n) is 17.7. The zero-order chi connectivity index (χ0) is 21.6. The highest BCUT2D eigenvalue weighted by molar-refractivity contribution is 8.15. The fourth-order valence-corrected chi connectivity index (χ4v) is 4.58. The van der Waals surface area contributed by atoms with Crippen LogP contribution in [0, 0.1) is 20.8 Å². The number of nitrogens with one attached hydrogen (secondary N) is 1. The average molecular weight is 462 g/mol. The van der Waals surface area contributed by atoms with E-state index >= 15 is 0 Å². The Kier molecular flexibility index (Phi) is 6.52. The molecule has 0 radical (unpaired) electrons. The number of imidazole rings is 1. The van der Waals surface area contributed by atoms with Crippen LogP contribution in [0.3, 0.4) is 0 Å². The zero-order valence-corrected chi connectivity index (χ0v) is 19.3. The van der Waals surface area contributed by atoms with Gasteiger partial charge in [-0.2, -0.15) is 0 Å². The molecule has 9 heteroatoms. The Balaban J connectivity index is 0.00000272. The minimum Gasteiger partial charge on any atom is -0.507 e. The number of phenolic OH excluding ortho intramolecular Hbond substituents is 1. The van der Waals surface area contributed by atoms with Crippen LogP contribution in [0.4, 0.5) is 4.79 Å². The molecule has 1 unspecified atom stereocenters. The van der Waals surface area contributed by atoms with Gasteiger partial charge in [0.15, 0.2) is 0 Å². The van der Waals surface area contributed by atoms with E-state index in [1.165, 1.54) is 0 Å². The van der Waals surface area contributed by atoms with Crippen molar-refractivity contribution >= 4 is 46.3 Å². The van der Waals surface area contributed by atoms with E-state index in [1.54, 1.807) is 0 Å². The highest BCUT2D eigenvalue weighted by atomic mass is 35.5. The Labute approximate surface area is 190 Å². The maximum Gasteiger partial charge on any atom is 0.286 e. The predicted molar refractivity (Wildman–Crippen MR) is 123 cm³/mol. The largest absolute Gasteiger partial charge is 0.507 e. The van der Waals surface area contributed by atoms with Gasteiger partial charge in [0, 0.05) is 12.6 Å². The number of hydrogen-bond donors (Lipinski definition) is 2. The van der Waals surface area contributed by atoms with Crippen molar-refractivity contribution in [2.24, 2.45) is 7.05 Å². The van der Waals surface area contributed by atoms with Crippen LogP contribution in [0.25, 0.3) is 11.0 Å². The normalized spacial score (nSPS) is 15.8. The van der Waals surface area contributed by atoms with Crippen molar-refractivity contribution in [1.29, 1.82) is 0 Å². The molecular weight excluding hydrogens is 438 g/mol. The van der Waals surface area contributed by atoms with Crippen LogP contribution in [0.15, 0.2) is 24.3 Å². The van der Waals surface area contributed by atoms with Gasteiger partial charge in [-0.3, -0.25) is 14.9 Å². The van der Waals surface area contributed by atoms with E-state index in [-0.39, 0.29) is 34.6 Å². The van der Waals surface area contributed by atoms with Crippen molar-refractivity contribution in [3.63, 3.8) is 0 Å². The van der Waals surface area contributed by atoms with Crippen molar-refractivity contribution in [2.75, 3.05) is 0 Å². The second kappa shape index (κ2) is 8.80. The number of rotatable bonds is 5. The molecule has 1 atom stereocenters. The molecule has 0 spiro atoms. The number of aryl methyl sites for hydroxylation is 3. The molecule has 2 aromatic carbocycles. The van der Waals surface area contributed by atoms with Crippen LogP contribution >= 0.6 is 24.2 Å². The second-order valence-electron chi connectivity index (χ2n) is 7.53. The van der Waals surface area contributed by atoms with Crippen molar-refractivity contribution < 1.29 is 19.4 Å². The SMILES string of the molecule is Cc1c(O)c(C)c2nc(COc3ccc(CC4SC(=O)NC4=O)cc3)n(C)c2c1C.Cl. The fraction of sp³-hybridized carbons (Fsp3) is 0.318. The number of benzene rings is 2. The number of carbonyl (C=O) groups is 2. The minimum atomic E-state index is -0.379. The molecule has 1 aliphatic heterocycles. The number of nitrogens with zero attached hydrogens (tertiary/aromatic N) is 2. The van der Waals surface area contributed by atoms with Gasteiger partial charge in [0.2, 0.25) is 5.91 Å². The van der Waals surface area contributed by atoms with Crippen LogP contribution in [-0.2, 0) is 24.9 Å². The molecule has 1 aromatic heterocycles. The summed E-state index contributed by atoms with van der Waals surface area (Å²) in [4.78, 5) is 27.7. The molecule has 1 saturated heterocycles. The first-order valence-corrected chi connectivity index (χ1v) is 10.5. The number of aromatic nitrogens is 2. The summed E-state index contributed by atoms with van der Waals surface area (Å²) in [5.74, 6) is 1.51. The number of ether oxygens (including phenoxy) is 1.